The molecule has 1 heterocycles. The summed E-state index contributed by atoms with van der Waals surface area (Å²) in [6, 6.07) is 3.95. The lowest BCUT2D eigenvalue weighted by molar-refractivity contribution is 0.322. The first kappa shape index (κ1) is 17.6. The zero-order valence-corrected chi connectivity index (χ0v) is 14.5. The Labute approximate surface area is 139 Å². The van der Waals surface area contributed by atoms with Gasteiger partial charge < -0.3 is 15.4 Å². The van der Waals surface area contributed by atoms with Crippen molar-refractivity contribution in [3.8, 4) is 5.88 Å². The lowest BCUT2D eigenvalue weighted by atomic mass is 10.0. The topological polar surface area (TPSA) is 58.5 Å². The average Bonchev–Trinajstić information content (AvgIpc) is 3.09. The first-order valence-corrected chi connectivity index (χ1v) is 8.84. The number of nitrogens with zero attached hydrogens (tertiary/aromatic N) is 2. The summed E-state index contributed by atoms with van der Waals surface area (Å²) >= 11 is 0. The Balaban J connectivity index is 1.70. The van der Waals surface area contributed by atoms with Crippen LogP contribution in [0.2, 0.25) is 0 Å². The molecule has 0 unspecified atom stereocenters. The summed E-state index contributed by atoms with van der Waals surface area (Å²) in [5.74, 6) is 2.48. The van der Waals surface area contributed by atoms with Gasteiger partial charge in [-0.2, -0.15) is 0 Å². The normalized spacial score (nSPS) is 15.7. The molecule has 1 saturated carbocycles. The van der Waals surface area contributed by atoms with Gasteiger partial charge >= 0.3 is 0 Å². The summed E-state index contributed by atoms with van der Waals surface area (Å²) in [6.45, 7) is 4.22. The third-order valence-corrected chi connectivity index (χ3v) is 4.36. The predicted molar refractivity (Wildman–Crippen MR) is 94.8 cm³/mol. The zero-order valence-electron chi connectivity index (χ0n) is 14.5. The molecule has 5 nitrogen and oxygen atoms in total. The van der Waals surface area contributed by atoms with E-state index in [1.165, 1.54) is 38.5 Å². The average molecular weight is 318 g/mol. The minimum absolute atomic E-state index is 0.623. The van der Waals surface area contributed by atoms with Crippen molar-refractivity contribution in [2.75, 3.05) is 20.2 Å². The minimum atomic E-state index is 0.623. The molecule has 0 aromatic carbocycles. The molecule has 23 heavy (non-hydrogen) atoms. The smallest absolute Gasteiger partial charge is 0.218 e. The fraction of sp³-hybridized carbons (Fsp3) is 0.667. The van der Waals surface area contributed by atoms with Crippen molar-refractivity contribution in [3.63, 3.8) is 0 Å². The van der Waals surface area contributed by atoms with E-state index in [-0.39, 0.29) is 0 Å². The number of ether oxygens (including phenoxy) is 1. The van der Waals surface area contributed by atoms with E-state index in [0.29, 0.717) is 19.0 Å². The molecule has 0 saturated heterocycles. The van der Waals surface area contributed by atoms with Crippen LogP contribution in [-0.4, -0.2) is 31.1 Å². The summed E-state index contributed by atoms with van der Waals surface area (Å²) in [7, 11) is 1.80. The molecule has 5 heteroatoms. The molecule has 128 valence electrons. The Hall–Kier alpha value is -1.78. The summed E-state index contributed by atoms with van der Waals surface area (Å²) in [6.07, 6.45) is 10.00. The van der Waals surface area contributed by atoms with Crippen molar-refractivity contribution in [1.82, 2.24) is 15.6 Å². The molecule has 2 rings (SSSR count). The second-order valence-corrected chi connectivity index (χ2v) is 6.05. The van der Waals surface area contributed by atoms with Crippen molar-refractivity contribution < 1.29 is 4.74 Å². The van der Waals surface area contributed by atoms with Crippen LogP contribution in [0.15, 0.2) is 23.3 Å². The summed E-state index contributed by atoms with van der Waals surface area (Å²) in [4.78, 5) is 8.55. The third-order valence-electron chi connectivity index (χ3n) is 4.36. The highest BCUT2D eigenvalue weighted by Crippen LogP contribution is 2.28. The molecule has 0 atom stereocenters. The molecule has 2 N–H and O–H groups in total. The van der Waals surface area contributed by atoms with Crippen LogP contribution < -0.4 is 15.4 Å². The molecular formula is C18H30N4O. The molecule has 1 aliphatic carbocycles. The number of rotatable bonds is 8. The summed E-state index contributed by atoms with van der Waals surface area (Å²) in [5.41, 5.74) is 1.04. The number of aliphatic imine (C=N–C) groups is 1. The van der Waals surface area contributed by atoms with E-state index >= 15 is 0 Å². The summed E-state index contributed by atoms with van der Waals surface area (Å²) in [5, 5.41) is 6.72. The van der Waals surface area contributed by atoms with Gasteiger partial charge in [-0.1, -0.05) is 31.7 Å². The largest absolute Gasteiger partial charge is 0.478 e. The Morgan fingerprint density at radius 2 is 2.17 bits per heavy atom. The Bertz CT molecular complexity index is 484. The van der Waals surface area contributed by atoms with Gasteiger partial charge in [0.2, 0.25) is 5.88 Å². The fourth-order valence-corrected chi connectivity index (χ4v) is 3.12. The number of hydrogen-bond donors (Lipinski definition) is 2. The van der Waals surface area contributed by atoms with Gasteiger partial charge in [0.25, 0.3) is 0 Å². The SMILES string of the molecule is CCOc1ncccc1CNC(=NC)NCCCC1CCCC1. The Kier molecular flexibility index (Phi) is 7.70. The van der Waals surface area contributed by atoms with Gasteiger partial charge in [0.1, 0.15) is 0 Å². The fourth-order valence-electron chi connectivity index (χ4n) is 3.12. The van der Waals surface area contributed by atoms with Crippen LogP contribution in [0.3, 0.4) is 0 Å². The van der Waals surface area contributed by atoms with E-state index in [9.17, 15) is 0 Å². The first-order valence-electron chi connectivity index (χ1n) is 8.84. The van der Waals surface area contributed by atoms with Crippen LogP contribution in [0, 0.1) is 5.92 Å². The monoisotopic (exact) mass is 318 g/mol. The van der Waals surface area contributed by atoms with E-state index in [1.807, 2.05) is 19.1 Å². The number of hydrogen-bond acceptors (Lipinski definition) is 3. The van der Waals surface area contributed by atoms with Crippen molar-refractivity contribution in [3.05, 3.63) is 23.9 Å². The quantitative estimate of drug-likeness (QED) is 0.439. The van der Waals surface area contributed by atoms with Gasteiger partial charge in [-0.05, 0) is 31.7 Å². The van der Waals surface area contributed by atoms with Crippen LogP contribution in [0.4, 0.5) is 0 Å². The molecule has 0 spiro atoms. The van der Waals surface area contributed by atoms with Crippen LogP contribution in [0.25, 0.3) is 0 Å². The maximum atomic E-state index is 5.55. The first-order chi connectivity index (χ1) is 11.3. The Morgan fingerprint density at radius 1 is 1.35 bits per heavy atom. The van der Waals surface area contributed by atoms with Crippen LogP contribution in [-0.2, 0) is 6.54 Å². The molecule has 0 radical (unpaired) electrons. The molecule has 0 aliphatic heterocycles. The predicted octanol–water partition coefficient (Wildman–Crippen LogP) is 3.12. The van der Waals surface area contributed by atoms with Crippen molar-refractivity contribution >= 4 is 5.96 Å². The second kappa shape index (κ2) is 10.1. The number of pyridine rings is 1. The molecule has 1 aromatic heterocycles. The van der Waals surface area contributed by atoms with Crippen molar-refractivity contribution in [1.29, 1.82) is 0 Å². The molecule has 0 amide bonds. The Morgan fingerprint density at radius 3 is 2.91 bits per heavy atom. The maximum absolute atomic E-state index is 5.55. The zero-order chi connectivity index (χ0) is 16.3. The van der Waals surface area contributed by atoms with Gasteiger partial charge in [-0.3, -0.25) is 4.99 Å². The maximum Gasteiger partial charge on any atom is 0.218 e. The summed E-state index contributed by atoms with van der Waals surface area (Å²) < 4.78 is 5.55. The lowest BCUT2D eigenvalue weighted by Gasteiger charge is -2.14. The van der Waals surface area contributed by atoms with Gasteiger partial charge in [0, 0.05) is 31.9 Å². The van der Waals surface area contributed by atoms with E-state index in [1.54, 1.807) is 13.2 Å². The molecule has 1 aromatic rings. The van der Waals surface area contributed by atoms with Gasteiger partial charge in [-0.15, -0.1) is 0 Å². The number of aromatic nitrogens is 1. The standard InChI is InChI=1S/C18H30N4O/c1-3-23-17-16(11-7-12-20-17)14-22-18(19-2)21-13-6-10-15-8-4-5-9-15/h7,11-12,15H,3-6,8-10,13-14H2,1-2H3,(H2,19,21,22). The van der Waals surface area contributed by atoms with Crippen LogP contribution in [0.1, 0.15) is 51.0 Å². The highest BCUT2D eigenvalue weighted by molar-refractivity contribution is 5.79. The van der Waals surface area contributed by atoms with Crippen LogP contribution >= 0.6 is 0 Å². The molecule has 1 aliphatic rings. The number of guanidine groups is 1. The van der Waals surface area contributed by atoms with Crippen molar-refractivity contribution in [2.45, 2.75) is 52.0 Å². The highest BCUT2D eigenvalue weighted by atomic mass is 16.5. The van der Waals surface area contributed by atoms with Gasteiger partial charge in [0.15, 0.2) is 5.96 Å². The van der Waals surface area contributed by atoms with Crippen LogP contribution in [0.5, 0.6) is 5.88 Å². The molecular weight excluding hydrogens is 288 g/mol. The third kappa shape index (κ3) is 6.08. The lowest BCUT2D eigenvalue weighted by Crippen LogP contribution is -2.37. The minimum Gasteiger partial charge on any atom is -0.478 e. The second-order valence-electron chi connectivity index (χ2n) is 6.05. The van der Waals surface area contributed by atoms with E-state index in [2.05, 4.69) is 20.6 Å². The van der Waals surface area contributed by atoms with E-state index < -0.39 is 0 Å². The molecule has 0 bridgehead atoms. The van der Waals surface area contributed by atoms with Gasteiger partial charge in [0.05, 0.1) is 6.61 Å². The van der Waals surface area contributed by atoms with Crippen molar-refractivity contribution in [2.24, 2.45) is 10.9 Å². The van der Waals surface area contributed by atoms with E-state index in [0.717, 1.165) is 24.0 Å². The van der Waals surface area contributed by atoms with E-state index in [4.69, 9.17) is 4.74 Å². The number of nitrogens with one attached hydrogen (secondary N) is 2. The molecule has 1 fully saturated rings. The highest BCUT2D eigenvalue weighted by Gasteiger charge is 2.14. The van der Waals surface area contributed by atoms with Gasteiger partial charge in [-0.25, -0.2) is 4.98 Å².